The largest absolute Gasteiger partial charge is 0.321 e. The summed E-state index contributed by atoms with van der Waals surface area (Å²) in [7, 11) is 0. The van der Waals surface area contributed by atoms with Crippen molar-refractivity contribution < 1.29 is 4.52 Å². The summed E-state index contributed by atoms with van der Waals surface area (Å²) < 4.78 is 5.49. The summed E-state index contributed by atoms with van der Waals surface area (Å²) in [6.45, 7) is 0. The molecule has 0 N–H and O–H groups in total. The molecule has 0 bridgehead atoms. The van der Waals surface area contributed by atoms with Crippen molar-refractivity contribution in [3.8, 4) is 11.4 Å². The second-order valence-corrected chi connectivity index (χ2v) is 4.11. The highest BCUT2D eigenvalue weighted by Gasteiger charge is 2.10. The van der Waals surface area contributed by atoms with Gasteiger partial charge in [-0.2, -0.15) is 4.98 Å². The number of nitrogens with zero attached hydrogens (tertiary/aromatic N) is 2. The van der Waals surface area contributed by atoms with Gasteiger partial charge in [0.1, 0.15) is 0 Å². The van der Waals surface area contributed by atoms with Gasteiger partial charge in [0.15, 0.2) is 0 Å². The van der Waals surface area contributed by atoms with Crippen LogP contribution in [0.5, 0.6) is 0 Å². The zero-order chi connectivity index (χ0) is 10.1. The minimum atomic E-state index is 0.00637. The Morgan fingerprint density at radius 2 is 2.07 bits per heavy atom. The van der Waals surface area contributed by atoms with Gasteiger partial charge >= 0.3 is 5.35 Å². The van der Waals surface area contributed by atoms with E-state index in [-0.39, 0.29) is 5.35 Å². The van der Waals surface area contributed by atoms with Crippen molar-refractivity contribution in [3.63, 3.8) is 0 Å². The van der Waals surface area contributed by atoms with Crippen LogP contribution < -0.4 is 0 Å². The van der Waals surface area contributed by atoms with Crippen LogP contribution in [0.3, 0.4) is 0 Å². The van der Waals surface area contributed by atoms with E-state index in [0.29, 0.717) is 10.8 Å². The SMILES string of the molecule is Clc1ccc(Br)c(-c2noc(Cl)n2)c1. The van der Waals surface area contributed by atoms with Gasteiger partial charge in [-0.25, -0.2) is 0 Å². The van der Waals surface area contributed by atoms with Crippen LogP contribution in [-0.2, 0) is 0 Å². The first-order valence-electron chi connectivity index (χ1n) is 3.61. The Bertz CT molecular complexity index is 472. The summed E-state index contributed by atoms with van der Waals surface area (Å²) in [6, 6.07) is 5.30. The molecule has 14 heavy (non-hydrogen) atoms. The van der Waals surface area contributed by atoms with E-state index < -0.39 is 0 Å². The van der Waals surface area contributed by atoms with Gasteiger partial charge in [0.05, 0.1) is 0 Å². The third-order valence-corrected chi connectivity index (χ3v) is 2.65. The van der Waals surface area contributed by atoms with Crippen LogP contribution in [-0.4, -0.2) is 10.1 Å². The van der Waals surface area contributed by atoms with Gasteiger partial charge in [-0.3, -0.25) is 0 Å². The second-order valence-electron chi connectivity index (χ2n) is 2.50. The van der Waals surface area contributed by atoms with Crippen LogP contribution in [0.4, 0.5) is 0 Å². The Morgan fingerprint density at radius 1 is 1.29 bits per heavy atom. The van der Waals surface area contributed by atoms with E-state index in [4.69, 9.17) is 23.2 Å². The van der Waals surface area contributed by atoms with Crippen molar-refractivity contribution in [2.75, 3.05) is 0 Å². The van der Waals surface area contributed by atoms with Gasteiger partial charge in [0.2, 0.25) is 5.82 Å². The third-order valence-electron chi connectivity index (χ3n) is 1.57. The molecule has 0 aliphatic carbocycles. The molecule has 0 aliphatic heterocycles. The minimum Gasteiger partial charge on any atom is -0.321 e. The Morgan fingerprint density at radius 3 is 2.71 bits per heavy atom. The van der Waals surface area contributed by atoms with E-state index in [1.165, 1.54) is 0 Å². The lowest BCUT2D eigenvalue weighted by Gasteiger charge is -1.98. The molecule has 0 amide bonds. The van der Waals surface area contributed by atoms with Crippen LogP contribution in [0.25, 0.3) is 11.4 Å². The molecule has 6 heteroatoms. The molecule has 0 fully saturated rings. The van der Waals surface area contributed by atoms with E-state index in [1.807, 2.05) is 6.07 Å². The monoisotopic (exact) mass is 292 g/mol. The molecule has 1 heterocycles. The molecule has 1 aromatic carbocycles. The molecule has 0 atom stereocenters. The first-order valence-corrected chi connectivity index (χ1v) is 5.16. The second kappa shape index (κ2) is 3.88. The Hall–Kier alpha value is -0.580. The molecule has 1 aromatic heterocycles. The van der Waals surface area contributed by atoms with E-state index in [2.05, 4.69) is 30.6 Å². The average Bonchev–Trinajstić information content (AvgIpc) is 2.56. The van der Waals surface area contributed by atoms with Crippen LogP contribution in [0, 0.1) is 0 Å². The Labute approximate surface area is 98.1 Å². The minimum absolute atomic E-state index is 0.00637. The van der Waals surface area contributed by atoms with Gasteiger partial charge in [0, 0.05) is 15.1 Å². The fourth-order valence-corrected chi connectivity index (χ4v) is 1.69. The summed E-state index contributed by atoms with van der Waals surface area (Å²) in [5.41, 5.74) is 0.744. The lowest BCUT2D eigenvalue weighted by Crippen LogP contribution is -1.82. The van der Waals surface area contributed by atoms with E-state index in [9.17, 15) is 0 Å². The summed E-state index contributed by atoms with van der Waals surface area (Å²) in [5.74, 6) is 0.407. The smallest absolute Gasteiger partial charge is 0.320 e. The third kappa shape index (κ3) is 1.92. The first kappa shape index (κ1) is 9.96. The molecule has 0 saturated carbocycles. The Balaban J connectivity index is 2.55. The zero-order valence-electron chi connectivity index (χ0n) is 6.67. The fourth-order valence-electron chi connectivity index (χ4n) is 0.983. The molecule has 72 valence electrons. The number of rotatable bonds is 1. The predicted octanol–water partition coefficient (Wildman–Crippen LogP) is 3.81. The summed E-state index contributed by atoms with van der Waals surface area (Å²) in [4.78, 5) is 3.88. The fraction of sp³-hybridized carbons (Fsp3) is 0. The quantitative estimate of drug-likeness (QED) is 0.802. The van der Waals surface area contributed by atoms with Gasteiger partial charge < -0.3 is 4.52 Å². The molecule has 2 aromatic rings. The number of benzene rings is 1. The van der Waals surface area contributed by atoms with E-state index in [0.717, 1.165) is 10.0 Å². The Kier molecular flexibility index (Phi) is 2.76. The average molecular weight is 294 g/mol. The summed E-state index contributed by atoms with van der Waals surface area (Å²) >= 11 is 14.7. The summed E-state index contributed by atoms with van der Waals surface area (Å²) in [6.07, 6.45) is 0. The molecule has 3 nitrogen and oxygen atoms in total. The first-order chi connectivity index (χ1) is 6.66. The van der Waals surface area contributed by atoms with Crippen LogP contribution >= 0.6 is 39.1 Å². The van der Waals surface area contributed by atoms with Crippen molar-refractivity contribution in [1.82, 2.24) is 10.1 Å². The van der Waals surface area contributed by atoms with Crippen molar-refractivity contribution in [2.45, 2.75) is 0 Å². The maximum Gasteiger partial charge on any atom is 0.320 e. The summed E-state index contributed by atoms with van der Waals surface area (Å²) in [5, 5.41) is 4.29. The lowest BCUT2D eigenvalue weighted by molar-refractivity contribution is 0.421. The van der Waals surface area contributed by atoms with E-state index >= 15 is 0 Å². The normalized spacial score (nSPS) is 10.5. The number of hydrogen-bond acceptors (Lipinski definition) is 3. The van der Waals surface area contributed by atoms with Crippen molar-refractivity contribution in [3.05, 3.63) is 33.0 Å². The number of hydrogen-bond donors (Lipinski definition) is 0. The number of aromatic nitrogens is 2. The van der Waals surface area contributed by atoms with E-state index in [1.54, 1.807) is 12.1 Å². The molecule has 0 unspecified atom stereocenters. The zero-order valence-corrected chi connectivity index (χ0v) is 9.77. The molecule has 0 aliphatic rings. The van der Waals surface area contributed by atoms with Crippen LogP contribution in [0.1, 0.15) is 0 Å². The molecule has 0 radical (unpaired) electrons. The number of halogens is 3. The van der Waals surface area contributed by atoms with Gasteiger partial charge in [-0.05, 0) is 29.8 Å². The predicted molar refractivity (Wildman–Crippen MR) is 57.5 cm³/mol. The van der Waals surface area contributed by atoms with Gasteiger partial charge in [0.25, 0.3) is 0 Å². The van der Waals surface area contributed by atoms with Crippen molar-refractivity contribution >= 4 is 39.1 Å². The molecule has 0 spiro atoms. The standard InChI is InChI=1S/C8H3BrCl2N2O/c9-6-2-1-4(10)3-5(6)7-12-8(11)14-13-7/h1-3H. The van der Waals surface area contributed by atoms with Crippen molar-refractivity contribution in [1.29, 1.82) is 0 Å². The van der Waals surface area contributed by atoms with Crippen LogP contribution in [0.15, 0.2) is 27.2 Å². The maximum absolute atomic E-state index is 5.83. The topological polar surface area (TPSA) is 38.9 Å². The molecule has 2 rings (SSSR count). The highest BCUT2D eigenvalue weighted by atomic mass is 79.9. The maximum atomic E-state index is 5.83. The van der Waals surface area contributed by atoms with Crippen LogP contribution in [0.2, 0.25) is 10.4 Å². The molecular formula is C8H3BrCl2N2O. The lowest BCUT2D eigenvalue weighted by atomic mass is 10.2. The van der Waals surface area contributed by atoms with Crippen molar-refractivity contribution in [2.24, 2.45) is 0 Å². The van der Waals surface area contributed by atoms with Gasteiger partial charge in [-0.15, -0.1) is 0 Å². The molecular weight excluding hydrogens is 291 g/mol. The highest BCUT2D eigenvalue weighted by Crippen LogP contribution is 2.29. The molecule has 0 saturated heterocycles. The highest BCUT2D eigenvalue weighted by molar-refractivity contribution is 9.10. The van der Waals surface area contributed by atoms with Gasteiger partial charge in [-0.1, -0.05) is 32.7 Å².